The van der Waals surface area contributed by atoms with Gasteiger partial charge in [0.05, 0.1) is 11.6 Å². The summed E-state index contributed by atoms with van der Waals surface area (Å²) in [5, 5.41) is 9.11. The molecule has 1 saturated carbocycles. The van der Waals surface area contributed by atoms with E-state index < -0.39 is 0 Å². The summed E-state index contributed by atoms with van der Waals surface area (Å²) in [5.74, 6) is 0.0664. The molecule has 0 atom stereocenters. The van der Waals surface area contributed by atoms with Crippen molar-refractivity contribution in [3.63, 3.8) is 0 Å². The van der Waals surface area contributed by atoms with E-state index in [0.29, 0.717) is 30.3 Å². The van der Waals surface area contributed by atoms with Crippen molar-refractivity contribution < 1.29 is 9.59 Å². The zero-order valence-corrected chi connectivity index (χ0v) is 19.7. The molecule has 2 aromatic rings. The molecule has 176 valence electrons. The number of carbonyl (C=O) groups is 2. The van der Waals surface area contributed by atoms with Gasteiger partial charge in [-0.3, -0.25) is 14.5 Å². The van der Waals surface area contributed by atoms with E-state index in [1.165, 1.54) is 32.1 Å². The number of benzene rings is 2. The lowest BCUT2D eigenvalue weighted by Crippen LogP contribution is -2.52. The van der Waals surface area contributed by atoms with Gasteiger partial charge in [-0.25, -0.2) is 0 Å². The number of nitriles is 1. The Labute approximate surface area is 201 Å². The zero-order chi connectivity index (χ0) is 23.5. The molecule has 1 aliphatic carbocycles. The van der Waals surface area contributed by atoms with E-state index in [4.69, 9.17) is 5.26 Å². The second-order valence-corrected chi connectivity index (χ2v) is 9.77. The van der Waals surface area contributed by atoms with Crippen molar-refractivity contribution in [3.05, 3.63) is 70.3 Å². The standard InChI is InChI=1S/C28H32N4O2/c29-19-21-5-4-6-23(17-21)28(34)32-12-11-22-18-24(9-10-25(22)20-32)27(33)31-15-13-30(14-16-31)26-7-2-1-3-8-26/h4-6,9-10,17-18,26H,1-3,7-8,11-16,20H2. The number of amides is 2. The smallest absolute Gasteiger partial charge is 0.254 e. The number of hydrogen-bond donors (Lipinski definition) is 0. The largest absolute Gasteiger partial charge is 0.336 e. The summed E-state index contributed by atoms with van der Waals surface area (Å²) in [5.41, 5.74) is 4.04. The molecule has 2 heterocycles. The van der Waals surface area contributed by atoms with Crippen molar-refractivity contribution in [2.45, 2.75) is 51.1 Å². The highest BCUT2D eigenvalue weighted by Gasteiger charge is 2.28. The number of piperazine rings is 1. The number of hydrogen-bond acceptors (Lipinski definition) is 4. The maximum Gasteiger partial charge on any atom is 0.254 e. The van der Waals surface area contributed by atoms with Crippen LogP contribution in [0, 0.1) is 11.3 Å². The fourth-order valence-corrected chi connectivity index (χ4v) is 5.68. The van der Waals surface area contributed by atoms with Crippen molar-refractivity contribution in [3.8, 4) is 6.07 Å². The fourth-order valence-electron chi connectivity index (χ4n) is 5.68. The summed E-state index contributed by atoms with van der Waals surface area (Å²) >= 11 is 0. The van der Waals surface area contributed by atoms with Gasteiger partial charge in [0, 0.05) is 56.4 Å². The van der Waals surface area contributed by atoms with Crippen LogP contribution in [0.5, 0.6) is 0 Å². The molecule has 0 radical (unpaired) electrons. The summed E-state index contributed by atoms with van der Waals surface area (Å²) in [6, 6.07) is 15.6. The lowest BCUT2D eigenvalue weighted by molar-refractivity contribution is 0.0522. The normalized spacial score (nSPS) is 19.4. The Kier molecular flexibility index (Phi) is 6.64. The molecule has 5 rings (SSSR count). The molecular formula is C28H32N4O2. The van der Waals surface area contributed by atoms with Crippen LogP contribution < -0.4 is 0 Å². The molecule has 2 fully saturated rings. The third-order valence-corrected chi connectivity index (χ3v) is 7.68. The monoisotopic (exact) mass is 456 g/mol. The lowest BCUT2D eigenvalue weighted by atomic mass is 9.93. The first-order chi connectivity index (χ1) is 16.6. The predicted octanol–water partition coefficient (Wildman–Crippen LogP) is 3.85. The molecule has 0 bridgehead atoms. The topological polar surface area (TPSA) is 67.6 Å². The second-order valence-electron chi connectivity index (χ2n) is 9.77. The third kappa shape index (κ3) is 4.71. The predicted molar refractivity (Wildman–Crippen MR) is 130 cm³/mol. The highest BCUT2D eigenvalue weighted by Crippen LogP contribution is 2.25. The molecule has 1 saturated heterocycles. The molecule has 6 nitrogen and oxygen atoms in total. The average molecular weight is 457 g/mol. The molecule has 0 N–H and O–H groups in total. The summed E-state index contributed by atoms with van der Waals surface area (Å²) < 4.78 is 0. The first-order valence-corrected chi connectivity index (χ1v) is 12.6. The zero-order valence-electron chi connectivity index (χ0n) is 19.7. The molecule has 0 spiro atoms. The number of fused-ring (bicyclic) bond motifs is 1. The Morgan fingerprint density at radius 3 is 2.29 bits per heavy atom. The van der Waals surface area contributed by atoms with E-state index >= 15 is 0 Å². The van der Waals surface area contributed by atoms with Crippen LogP contribution in [0.25, 0.3) is 0 Å². The molecule has 2 aromatic carbocycles. The van der Waals surface area contributed by atoms with Crippen molar-refractivity contribution in [2.75, 3.05) is 32.7 Å². The van der Waals surface area contributed by atoms with Crippen molar-refractivity contribution >= 4 is 11.8 Å². The van der Waals surface area contributed by atoms with Crippen molar-refractivity contribution in [1.82, 2.24) is 14.7 Å². The Morgan fingerprint density at radius 1 is 0.794 bits per heavy atom. The third-order valence-electron chi connectivity index (χ3n) is 7.68. The van der Waals surface area contributed by atoms with E-state index in [9.17, 15) is 9.59 Å². The van der Waals surface area contributed by atoms with Gasteiger partial charge in [-0.15, -0.1) is 0 Å². The van der Waals surface area contributed by atoms with Gasteiger partial charge in [-0.1, -0.05) is 31.4 Å². The van der Waals surface area contributed by atoms with Gasteiger partial charge in [0.1, 0.15) is 0 Å². The maximum atomic E-state index is 13.2. The van der Waals surface area contributed by atoms with Gasteiger partial charge >= 0.3 is 0 Å². The lowest BCUT2D eigenvalue weighted by Gasteiger charge is -2.40. The first-order valence-electron chi connectivity index (χ1n) is 12.6. The minimum Gasteiger partial charge on any atom is -0.336 e. The van der Waals surface area contributed by atoms with Crippen LogP contribution in [0.2, 0.25) is 0 Å². The highest BCUT2D eigenvalue weighted by atomic mass is 16.2. The van der Waals surface area contributed by atoms with Crippen molar-refractivity contribution in [1.29, 1.82) is 5.26 Å². The van der Waals surface area contributed by atoms with E-state index in [2.05, 4.69) is 11.0 Å². The van der Waals surface area contributed by atoms with E-state index in [-0.39, 0.29) is 11.8 Å². The second kappa shape index (κ2) is 9.99. The molecule has 0 aromatic heterocycles. The molecule has 2 amide bonds. The fraction of sp³-hybridized carbons (Fsp3) is 0.464. The minimum absolute atomic E-state index is 0.0567. The first kappa shape index (κ1) is 22.6. The highest BCUT2D eigenvalue weighted by molar-refractivity contribution is 5.95. The van der Waals surface area contributed by atoms with Crippen LogP contribution in [0.4, 0.5) is 0 Å². The molecule has 0 unspecified atom stereocenters. The Bertz CT molecular complexity index is 1110. The quantitative estimate of drug-likeness (QED) is 0.704. The van der Waals surface area contributed by atoms with E-state index in [0.717, 1.165) is 49.3 Å². The Hall–Kier alpha value is -3.17. The molecule has 2 aliphatic heterocycles. The summed E-state index contributed by atoms with van der Waals surface area (Å²) in [4.78, 5) is 32.6. The molecule has 6 heteroatoms. The van der Waals surface area contributed by atoms with Gasteiger partial charge in [-0.05, 0) is 60.7 Å². The number of carbonyl (C=O) groups excluding carboxylic acids is 2. The van der Waals surface area contributed by atoms with Gasteiger partial charge in [-0.2, -0.15) is 5.26 Å². The van der Waals surface area contributed by atoms with E-state index in [1.807, 2.05) is 28.0 Å². The maximum absolute atomic E-state index is 13.2. The van der Waals surface area contributed by atoms with Gasteiger partial charge in [0.25, 0.3) is 11.8 Å². The van der Waals surface area contributed by atoms with Crippen LogP contribution in [0.3, 0.4) is 0 Å². The van der Waals surface area contributed by atoms with Crippen LogP contribution in [-0.4, -0.2) is 65.3 Å². The van der Waals surface area contributed by atoms with Crippen LogP contribution in [-0.2, 0) is 13.0 Å². The summed E-state index contributed by atoms with van der Waals surface area (Å²) in [7, 11) is 0. The van der Waals surface area contributed by atoms with Gasteiger partial charge in [0.15, 0.2) is 0 Å². The molecule has 34 heavy (non-hydrogen) atoms. The Morgan fingerprint density at radius 2 is 1.53 bits per heavy atom. The average Bonchev–Trinajstić information content (AvgIpc) is 2.92. The van der Waals surface area contributed by atoms with Gasteiger partial charge in [0.2, 0.25) is 0 Å². The summed E-state index contributed by atoms with van der Waals surface area (Å²) in [6.07, 6.45) is 7.40. The van der Waals surface area contributed by atoms with E-state index in [1.54, 1.807) is 24.3 Å². The summed E-state index contributed by atoms with van der Waals surface area (Å²) in [6.45, 7) is 4.70. The van der Waals surface area contributed by atoms with Crippen molar-refractivity contribution in [2.24, 2.45) is 0 Å². The van der Waals surface area contributed by atoms with Crippen LogP contribution in [0.15, 0.2) is 42.5 Å². The minimum atomic E-state index is -0.0567. The SMILES string of the molecule is N#Cc1cccc(C(=O)N2CCc3cc(C(=O)N4CCN(C5CCCCC5)CC4)ccc3C2)c1. The number of rotatable bonds is 3. The van der Waals surface area contributed by atoms with Crippen LogP contribution >= 0.6 is 0 Å². The molecule has 3 aliphatic rings. The van der Waals surface area contributed by atoms with Gasteiger partial charge < -0.3 is 9.80 Å². The molecular weight excluding hydrogens is 424 g/mol. The van der Waals surface area contributed by atoms with Crippen LogP contribution in [0.1, 0.15) is 69.5 Å². The Balaban J connectivity index is 1.21. The number of nitrogens with zero attached hydrogens (tertiary/aromatic N) is 4.